The molecule has 2 heterocycles. The third-order valence-corrected chi connectivity index (χ3v) is 2.96. The maximum atomic E-state index is 8.88. The minimum atomic E-state index is 0.190. The Kier molecular flexibility index (Phi) is 3.55. The summed E-state index contributed by atoms with van der Waals surface area (Å²) in [6.07, 6.45) is 4.23. The molecule has 1 unspecified atom stereocenters. The number of nitrogens with two attached hydrogens (primary N) is 1. The zero-order chi connectivity index (χ0) is 12.3. The highest BCUT2D eigenvalue weighted by molar-refractivity contribution is 5.50. The maximum Gasteiger partial charge on any atom is 0.145 e. The second-order valence-corrected chi connectivity index (χ2v) is 4.29. The molecule has 1 atom stereocenters. The van der Waals surface area contributed by atoms with Crippen molar-refractivity contribution >= 4 is 5.82 Å². The molecule has 1 aliphatic rings. The van der Waals surface area contributed by atoms with Crippen LogP contribution in [0.1, 0.15) is 36.3 Å². The van der Waals surface area contributed by atoms with E-state index >= 15 is 0 Å². The summed E-state index contributed by atoms with van der Waals surface area (Å²) in [4.78, 5) is 8.47. The molecule has 17 heavy (non-hydrogen) atoms. The van der Waals surface area contributed by atoms with Gasteiger partial charge in [0.2, 0.25) is 0 Å². The van der Waals surface area contributed by atoms with E-state index in [0.29, 0.717) is 23.5 Å². The van der Waals surface area contributed by atoms with Gasteiger partial charge in [-0.3, -0.25) is 0 Å². The molecule has 0 saturated carbocycles. The minimum Gasteiger partial charge on any atom is -0.382 e. The minimum absolute atomic E-state index is 0.190. The topological polar surface area (TPSA) is 84.8 Å². The van der Waals surface area contributed by atoms with Crippen molar-refractivity contribution in [2.45, 2.75) is 38.7 Å². The van der Waals surface area contributed by atoms with Crippen LogP contribution in [0.25, 0.3) is 0 Å². The zero-order valence-corrected chi connectivity index (χ0v) is 9.94. The number of aromatic nitrogens is 2. The van der Waals surface area contributed by atoms with Crippen molar-refractivity contribution < 1.29 is 4.74 Å². The van der Waals surface area contributed by atoms with E-state index < -0.39 is 0 Å². The van der Waals surface area contributed by atoms with Crippen LogP contribution in [-0.2, 0) is 11.2 Å². The number of ether oxygens (including phenoxy) is 1. The predicted molar refractivity (Wildman–Crippen MR) is 63.2 cm³/mol. The van der Waals surface area contributed by atoms with E-state index in [1.54, 1.807) is 6.92 Å². The molecule has 1 aromatic heterocycles. The molecular formula is C12H16N4O. The average Bonchev–Trinajstić information content (AvgIpc) is 2.30. The highest BCUT2D eigenvalue weighted by Crippen LogP contribution is 2.18. The molecule has 2 rings (SSSR count). The van der Waals surface area contributed by atoms with Crippen molar-refractivity contribution in [1.82, 2.24) is 9.97 Å². The van der Waals surface area contributed by atoms with Gasteiger partial charge in [-0.05, 0) is 26.2 Å². The van der Waals surface area contributed by atoms with Crippen LogP contribution >= 0.6 is 0 Å². The van der Waals surface area contributed by atoms with E-state index in [0.717, 1.165) is 19.4 Å². The molecule has 0 aromatic carbocycles. The van der Waals surface area contributed by atoms with Crippen LogP contribution in [0.15, 0.2) is 0 Å². The van der Waals surface area contributed by atoms with Crippen molar-refractivity contribution in [2.75, 3.05) is 12.3 Å². The Morgan fingerprint density at radius 3 is 2.88 bits per heavy atom. The molecule has 2 N–H and O–H groups in total. The fraction of sp³-hybridized carbons (Fsp3) is 0.583. The highest BCUT2D eigenvalue weighted by atomic mass is 16.5. The standard InChI is InChI=1S/C12H16N4O/c1-8-10(7-13)12(14)16-11(15-8)6-9-4-2-3-5-17-9/h9H,2-6H2,1H3,(H2,14,15,16). The second-order valence-electron chi connectivity index (χ2n) is 4.29. The van der Waals surface area contributed by atoms with Gasteiger partial charge in [0, 0.05) is 13.0 Å². The molecule has 1 aliphatic heterocycles. The van der Waals surface area contributed by atoms with Crippen LogP contribution < -0.4 is 5.73 Å². The lowest BCUT2D eigenvalue weighted by Crippen LogP contribution is -2.23. The van der Waals surface area contributed by atoms with Gasteiger partial charge in [0.25, 0.3) is 0 Å². The van der Waals surface area contributed by atoms with Gasteiger partial charge in [-0.15, -0.1) is 0 Å². The second kappa shape index (κ2) is 5.11. The Bertz CT molecular complexity index is 423. The third kappa shape index (κ3) is 2.71. The number of aryl methyl sites for hydroxylation is 1. The van der Waals surface area contributed by atoms with Gasteiger partial charge >= 0.3 is 0 Å². The summed E-state index contributed by atoms with van der Waals surface area (Å²) in [6, 6.07) is 2.01. The monoisotopic (exact) mass is 232 g/mol. The van der Waals surface area contributed by atoms with E-state index in [1.807, 2.05) is 6.07 Å². The molecular weight excluding hydrogens is 216 g/mol. The molecule has 1 saturated heterocycles. The van der Waals surface area contributed by atoms with Gasteiger partial charge in [0.05, 0.1) is 11.8 Å². The number of nitrogen functional groups attached to an aromatic ring is 1. The first-order valence-corrected chi connectivity index (χ1v) is 5.85. The summed E-state index contributed by atoms with van der Waals surface area (Å²) >= 11 is 0. The average molecular weight is 232 g/mol. The predicted octanol–water partition coefficient (Wildman–Crippen LogP) is 1.35. The van der Waals surface area contributed by atoms with Gasteiger partial charge in [0.15, 0.2) is 0 Å². The summed E-state index contributed by atoms with van der Waals surface area (Å²) in [5, 5.41) is 8.88. The summed E-state index contributed by atoms with van der Waals surface area (Å²) in [5.41, 5.74) is 6.74. The van der Waals surface area contributed by atoms with Crippen LogP contribution in [0.4, 0.5) is 5.82 Å². The molecule has 0 bridgehead atoms. The number of nitriles is 1. The first-order chi connectivity index (χ1) is 8.20. The molecule has 0 radical (unpaired) electrons. The normalized spacial score (nSPS) is 19.9. The largest absolute Gasteiger partial charge is 0.382 e. The van der Waals surface area contributed by atoms with Crippen LogP contribution in [0.3, 0.4) is 0 Å². The number of anilines is 1. The van der Waals surface area contributed by atoms with E-state index in [2.05, 4.69) is 9.97 Å². The molecule has 5 heteroatoms. The first kappa shape index (κ1) is 11.8. The van der Waals surface area contributed by atoms with Gasteiger partial charge in [-0.25, -0.2) is 9.97 Å². The molecule has 0 amide bonds. The Hall–Kier alpha value is -1.67. The van der Waals surface area contributed by atoms with Crippen molar-refractivity contribution in [2.24, 2.45) is 0 Å². The molecule has 1 aromatic rings. The molecule has 0 spiro atoms. The molecule has 1 fully saturated rings. The van der Waals surface area contributed by atoms with Crippen molar-refractivity contribution in [3.63, 3.8) is 0 Å². The molecule has 0 aliphatic carbocycles. The fourth-order valence-corrected chi connectivity index (χ4v) is 2.06. The van der Waals surface area contributed by atoms with E-state index in [4.69, 9.17) is 15.7 Å². The third-order valence-electron chi connectivity index (χ3n) is 2.96. The zero-order valence-electron chi connectivity index (χ0n) is 9.94. The Balaban J connectivity index is 2.14. The van der Waals surface area contributed by atoms with E-state index in [1.165, 1.54) is 6.42 Å². The van der Waals surface area contributed by atoms with Crippen molar-refractivity contribution in [1.29, 1.82) is 5.26 Å². The summed E-state index contributed by atoms with van der Waals surface area (Å²) in [6.45, 7) is 2.59. The Labute approximate surface area is 101 Å². The summed E-state index contributed by atoms with van der Waals surface area (Å²) in [5.74, 6) is 0.941. The van der Waals surface area contributed by atoms with Crippen LogP contribution in [0.2, 0.25) is 0 Å². The smallest absolute Gasteiger partial charge is 0.145 e. The van der Waals surface area contributed by atoms with Crippen LogP contribution in [0, 0.1) is 18.3 Å². The fourth-order valence-electron chi connectivity index (χ4n) is 2.06. The number of hydrogen-bond donors (Lipinski definition) is 1. The quantitative estimate of drug-likeness (QED) is 0.831. The SMILES string of the molecule is Cc1nc(CC2CCCCO2)nc(N)c1C#N. The number of rotatable bonds is 2. The lowest BCUT2D eigenvalue weighted by atomic mass is 10.1. The summed E-state index contributed by atoms with van der Waals surface area (Å²) < 4.78 is 5.63. The molecule has 90 valence electrons. The summed E-state index contributed by atoms with van der Waals surface area (Å²) in [7, 11) is 0. The Morgan fingerprint density at radius 2 is 2.29 bits per heavy atom. The van der Waals surface area contributed by atoms with Crippen molar-refractivity contribution in [3.05, 3.63) is 17.1 Å². The Morgan fingerprint density at radius 1 is 1.47 bits per heavy atom. The van der Waals surface area contributed by atoms with Gasteiger partial charge in [-0.1, -0.05) is 0 Å². The van der Waals surface area contributed by atoms with E-state index in [-0.39, 0.29) is 11.9 Å². The maximum absolute atomic E-state index is 8.88. The lowest BCUT2D eigenvalue weighted by Gasteiger charge is -2.22. The van der Waals surface area contributed by atoms with Gasteiger partial charge in [0.1, 0.15) is 23.3 Å². The molecule has 5 nitrogen and oxygen atoms in total. The van der Waals surface area contributed by atoms with Crippen molar-refractivity contribution in [3.8, 4) is 6.07 Å². The van der Waals surface area contributed by atoms with Crippen LogP contribution in [-0.4, -0.2) is 22.7 Å². The van der Waals surface area contributed by atoms with E-state index in [9.17, 15) is 0 Å². The number of hydrogen-bond acceptors (Lipinski definition) is 5. The highest BCUT2D eigenvalue weighted by Gasteiger charge is 2.17. The van der Waals surface area contributed by atoms with Gasteiger partial charge < -0.3 is 10.5 Å². The van der Waals surface area contributed by atoms with Gasteiger partial charge in [-0.2, -0.15) is 5.26 Å². The first-order valence-electron chi connectivity index (χ1n) is 5.85. The van der Waals surface area contributed by atoms with Crippen LogP contribution in [0.5, 0.6) is 0 Å². The number of nitrogens with zero attached hydrogens (tertiary/aromatic N) is 3. The lowest BCUT2D eigenvalue weighted by molar-refractivity contribution is 0.0156.